The SMILES string of the molecule is Cc1cc(C(=O)NCC2(O)CCOCC2)c(F)cc1F. The van der Waals surface area contributed by atoms with E-state index in [1.54, 1.807) is 0 Å². The molecule has 1 saturated heterocycles. The highest BCUT2D eigenvalue weighted by atomic mass is 19.1. The first kappa shape index (κ1) is 14.9. The summed E-state index contributed by atoms with van der Waals surface area (Å²) in [6.07, 6.45) is 0.830. The molecule has 0 aliphatic carbocycles. The number of benzene rings is 1. The average Bonchev–Trinajstić information content (AvgIpc) is 2.41. The molecular weight excluding hydrogens is 268 g/mol. The van der Waals surface area contributed by atoms with E-state index in [1.165, 1.54) is 6.92 Å². The van der Waals surface area contributed by atoms with Crippen molar-refractivity contribution >= 4 is 5.91 Å². The predicted octanol–water partition coefficient (Wildman–Crippen LogP) is 1.54. The minimum Gasteiger partial charge on any atom is -0.388 e. The number of aliphatic hydroxyl groups is 1. The molecular formula is C14H17F2NO3. The minimum atomic E-state index is -1.03. The largest absolute Gasteiger partial charge is 0.388 e. The van der Waals surface area contributed by atoms with Crippen molar-refractivity contribution in [3.63, 3.8) is 0 Å². The lowest BCUT2D eigenvalue weighted by molar-refractivity contribution is -0.0605. The van der Waals surface area contributed by atoms with Gasteiger partial charge in [-0.25, -0.2) is 8.78 Å². The van der Waals surface area contributed by atoms with Gasteiger partial charge in [0.05, 0.1) is 11.2 Å². The first-order chi connectivity index (χ1) is 9.41. The highest BCUT2D eigenvalue weighted by molar-refractivity contribution is 5.94. The first-order valence-electron chi connectivity index (χ1n) is 6.45. The molecule has 6 heteroatoms. The molecule has 1 heterocycles. The molecule has 0 aromatic heterocycles. The molecule has 0 unspecified atom stereocenters. The van der Waals surface area contributed by atoms with Gasteiger partial charge in [0.1, 0.15) is 11.6 Å². The molecule has 0 saturated carbocycles. The van der Waals surface area contributed by atoms with E-state index in [9.17, 15) is 18.7 Å². The molecule has 0 atom stereocenters. The Morgan fingerprint density at radius 3 is 2.65 bits per heavy atom. The number of rotatable bonds is 3. The lowest BCUT2D eigenvalue weighted by atomic mass is 9.94. The van der Waals surface area contributed by atoms with Crippen LogP contribution in [0.5, 0.6) is 0 Å². The fourth-order valence-corrected chi connectivity index (χ4v) is 2.10. The molecule has 2 rings (SSSR count). The van der Waals surface area contributed by atoms with Gasteiger partial charge in [0.25, 0.3) is 5.91 Å². The maximum atomic E-state index is 13.6. The van der Waals surface area contributed by atoms with Crippen molar-refractivity contribution in [2.24, 2.45) is 0 Å². The lowest BCUT2D eigenvalue weighted by Gasteiger charge is -2.32. The van der Waals surface area contributed by atoms with Gasteiger partial charge in [0.2, 0.25) is 0 Å². The molecule has 1 aliphatic rings. The van der Waals surface area contributed by atoms with Crippen molar-refractivity contribution in [3.8, 4) is 0 Å². The Morgan fingerprint density at radius 2 is 2.00 bits per heavy atom. The molecule has 110 valence electrons. The molecule has 1 amide bonds. The Bertz CT molecular complexity index is 513. The summed E-state index contributed by atoms with van der Waals surface area (Å²) < 4.78 is 31.8. The Morgan fingerprint density at radius 1 is 1.35 bits per heavy atom. The van der Waals surface area contributed by atoms with Crippen LogP contribution in [0.25, 0.3) is 0 Å². The van der Waals surface area contributed by atoms with Gasteiger partial charge < -0.3 is 15.2 Å². The van der Waals surface area contributed by atoms with Gasteiger partial charge in [-0.1, -0.05) is 0 Å². The molecule has 0 spiro atoms. The number of hydrogen-bond donors (Lipinski definition) is 2. The fraction of sp³-hybridized carbons (Fsp3) is 0.500. The second kappa shape index (κ2) is 5.85. The smallest absolute Gasteiger partial charge is 0.254 e. The number of amides is 1. The van der Waals surface area contributed by atoms with Crippen LogP contribution in [-0.2, 0) is 4.74 Å². The maximum absolute atomic E-state index is 13.6. The summed E-state index contributed by atoms with van der Waals surface area (Å²) in [4.78, 5) is 11.9. The molecule has 1 fully saturated rings. The number of carbonyl (C=O) groups is 1. The van der Waals surface area contributed by atoms with Gasteiger partial charge in [-0.05, 0) is 18.6 Å². The number of carbonyl (C=O) groups excluding carboxylic acids is 1. The van der Waals surface area contributed by atoms with Gasteiger partial charge in [-0.3, -0.25) is 4.79 Å². The van der Waals surface area contributed by atoms with Gasteiger partial charge in [-0.2, -0.15) is 0 Å². The lowest BCUT2D eigenvalue weighted by Crippen LogP contribution is -2.46. The predicted molar refractivity (Wildman–Crippen MR) is 68.4 cm³/mol. The van der Waals surface area contributed by atoms with Crippen LogP contribution in [-0.4, -0.2) is 36.4 Å². The van der Waals surface area contributed by atoms with E-state index < -0.39 is 23.1 Å². The molecule has 1 aromatic rings. The topological polar surface area (TPSA) is 58.6 Å². The highest BCUT2D eigenvalue weighted by Crippen LogP contribution is 2.20. The molecule has 1 aliphatic heterocycles. The standard InChI is InChI=1S/C14H17F2NO3/c1-9-6-10(12(16)7-11(9)15)13(18)17-8-14(19)2-4-20-5-3-14/h6-7,19H,2-5,8H2,1H3,(H,17,18). The number of aryl methyl sites for hydroxylation is 1. The normalized spacial score (nSPS) is 17.8. The second-order valence-electron chi connectivity index (χ2n) is 5.10. The quantitative estimate of drug-likeness (QED) is 0.886. The van der Waals surface area contributed by atoms with Crippen LogP contribution in [0, 0.1) is 18.6 Å². The van der Waals surface area contributed by atoms with Crippen molar-refractivity contribution < 1.29 is 23.4 Å². The summed E-state index contributed by atoms with van der Waals surface area (Å²) in [7, 11) is 0. The third-order valence-electron chi connectivity index (χ3n) is 3.49. The summed E-state index contributed by atoms with van der Waals surface area (Å²) in [5, 5.41) is 12.7. The van der Waals surface area contributed by atoms with Gasteiger partial charge >= 0.3 is 0 Å². The van der Waals surface area contributed by atoms with Crippen molar-refractivity contribution in [2.75, 3.05) is 19.8 Å². The Hall–Kier alpha value is -1.53. The Kier molecular flexibility index (Phi) is 4.35. The number of hydrogen-bond acceptors (Lipinski definition) is 3. The number of halogens is 2. The van der Waals surface area contributed by atoms with Crippen LogP contribution >= 0.6 is 0 Å². The van der Waals surface area contributed by atoms with E-state index >= 15 is 0 Å². The summed E-state index contributed by atoms with van der Waals surface area (Å²) in [5.41, 5.74) is -1.06. The van der Waals surface area contributed by atoms with Gasteiger partial charge in [0.15, 0.2) is 0 Å². The van der Waals surface area contributed by atoms with Crippen LogP contribution in [0.1, 0.15) is 28.8 Å². The minimum absolute atomic E-state index is 0.0189. The van der Waals surface area contributed by atoms with Gasteiger partial charge in [-0.15, -0.1) is 0 Å². The van der Waals surface area contributed by atoms with E-state index in [4.69, 9.17) is 4.74 Å². The van der Waals surface area contributed by atoms with Crippen molar-refractivity contribution in [1.29, 1.82) is 0 Å². The molecule has 4 nitrogen and oxygen atoms in total. The zero-order valence-corrected chi connectivity index (χ0v) is 11.2. The Balaban J connectivity index is 2.03. The van der Waals surface area contributed by atoms with Crippen LogP contribution in [0.2, 0.25) is 0 Å². The number of nitrogens with one attached hydrogen (secondary N) is 1. The van der Waals surface area contributed by atoms with Crippen molar-refractivity contribution in [3.05, 3.63) is 34.9 Å². The van der Waals surface area contributed by atoms with E-state index in [2.05, 4.69) is 5.32 Å². The second-order valence-corrected chi connectivity index (χ2v) is 5.10. The summed E-state index contributed by atoms with van der Waals surface area (Å²) in [6, 6.07) is 1.85. The summed E-state index contributed by atoms with van der Waals surface area (Å²) in [6.45, 7) is 2.33. The third kappa shape index (κ3) is 3.32. The van der Waals surface area contributed by atoms with E-state index in [0.717, 1.165) is 6.07 Å². The zero-order chi connectivity index (χ0) is 14.8. The van der Waals surface area contributed by atoms with Crippen LogP contribution < -0.4 is 5.32 Å². The molecule has 1 aromatic carbocycles. The van der Waals surface area contributed by atoms with Crippen molar-refractivity contribution in [1.82, 2.24) is 5.32 Å². The zero-order valence-electron chi connectivity index (χ0n) is 11.2. The van der Waals surface area contributed by atoms with Crippen LogP contribution in [0.15, 0.2) is 12.1 Å². The van der Waals surface area contributed by atoms with Crippen LogP contribution in [0.4, 0.5) is 8.78 Å². The Labute approximate surface area is 115 Å². The summed E-state index contributed by atoms with van der Waals surface area (Å²) in [5.74, 6) is -2.27. The van der Waals surface area contributed by atoms with E-state index in [1.807, 2.05) is 0 Å². The van der Waals surface area contributed by atoms with Crippen LogP contribution in [0.3, 0.4) is 0 Å². The molecule has 20 heavy (non-hydrogen) atoms. The molecule has 0 radical (unpaired) electrons. The molecule has 2 N–H and O–H groups in total. The highest BCUT2D eigenvalue weighted by Gasteiger charge is 2.30. The van der Waals surface area contributed by atoms with Gasteiger partial charge in [0, 0.05) is 38.7 Å². The molecule has 0 bridgehead atoms. The third-order valence-corrected chi connectivity index (χ3v) is 3.49. The summed E-state index contributed by atoms with van der Waals surface area (Å²) >= 11 is 0. The maximum Gasteiger partial charge on any atom is 0.254 e. The number of ether oxygens (including phenoxy) is 1. The average molecular weight is 285 g/mol. The van der Waals surface area contributed by atoms with Crippen molar-refractivity contribution in [2.45, 2.75) is 25.4 Å². The fourth-order valence-electron chi connectivity index (χ4n) is 2.10. The first-order valence-corrected chi connectivity index (χ1v) is 6.45. The monoisotopic (exact) mass is 285 g/mol. The van der Waals surface area contributed by atoms with E-state index in [-0.39, 0.29) is 17.7 Å². The van der Waals surface area contributed by atoms with E-state index in [0.29, 0.717) is 32.1 Å².